The Kier molecular flexibility index (Phi) is 5.02. The average molecular weight is 360 g/mol. The molecule has 2 heterocycles. The maximum Gasteiger partial charge on any atom is 0.256 e. The minimum Gasteiger partial charge on any atom is -0.345 e. The van der Waals surface area contributed by atoms with Crippen LogP contribution in [0.25, 0.3) is 0 Å². The van der Waals surface area contributed by atoms with E-state index in [4.69, 9.17) is 11.6 Å². The first-order valence-electron chi connectivity index (χ1n) is 7.67. The van der Waals surface area contributed by atoms with Gasteiger partial charge in [0.25, 0.3) is 5.91 Å². The molecule has 0 spiro atoms. The van der Waals surface area contributed by atoms with E-state index in [0.29, 0.717) is 23.0 Å². The van der Waals surface area contributed by atoms with Crippen LogP contribution in [0.5, 0.6) is 0 Å². The minimum absolute atomic E-state index is 0.0644. The fourth-order valence-electron chi connectivity index (χ4n) is 2.55. The van der Waals surface area contributed by atoms with Crippen molar-refractivity contribution in [2.24, 2.45) is 0 Å². The number of hydrogen-bond donors (Lipinski definition) is 1. The molecule has 1 N–H and O–H groups in total. The van der Waals surface area contributed by atoms with E-state index < -0.39 is 0 Å². The standard InChI is InChI=1S/C18H18ClN3OS/c1-12(15-9-6-10-24-15)20-18(23)16-13(2)21-22(17(16)19)11-14-7-4-3-5-8-14/h3-10,12H,11H2,1-2H3,(H,20,23)/t12-/m0/s1. The summed E-state index contributed by atoms with van der Waals surface area (Å²) in [5, 5.41) is 9.78. The molecular formula is C18H18ClN3OS. The topological polar surface area (TPSA) is 46.9 Å². The largest absolute Gasteiger partial charge is 0.345 e. The van der Waals surface area contributed by atoms with E-state index in [-0.39, 0.29) is 11.9 Å². The van der Waals surface area contributed by atoms with Crippen LogP contribution < -0.4 is 5.32 Å². The number of aryl methyl sites for hydroxylation is 1. The predicted molar refractivity (Wildman–Crippen MR) is 97.7 cm³/mol. The number of hydrogen-bond acceptors (Lipinski definition) is 3. The number of halogens is 1. The quantitative estimate of drug-likeness (QED) is 0.731. The molecule has 3 aromatic rings. The van der Waals surface area contributed by atoms with Gasteiger partial charge in [0, 0.05) is 4.88 Å². The summed E-state index contributed by atoms with van der Waals surface area (Å²) in [5.41, 5.74) is 2.16. The first-order valence-corrected chi connectivity index (χ1v) is 8.93. The second kappa shape index (κ2) is 7.20. The molecule has 0 aliphatic rings. The second-order valence-electron chi connectivity index (χ2n) is 5.61. The number of carbonyl (C=O) groups is 1. The average Bonchev–Trinajstić information content (AvgIpc) is 3.17. The van der Waals surface area contributed by atoms with E-state index in [9.17, 15) is 4.79 Å². The van der Waals surface area contributed by atoms with Crippen molar-refractivity contribution in [3.63, 3.8) is 0 Å². The molecule has 2 aromatic heterocycles. The molecule has 0 saturated carbocycles. The molecule has 0 bridgehead atoms. The Hall–Kier alpha value is -2.11. The molecule has 0 saturated heterocycles. The Bertz CT molecular complexity index is 828. The molecule has 3 rings (SSSR count). The molecular weight excluding hydrogens is 342 g/mol. The molecule has 0 aliphatic heterocycles. The van der Waals surface area contributed by atoms with Gasteiger partial charge >= 0.3 is 0 Å². The van der Waals surface area contributed by atoms with E-state index in [1.807, 2.05) is 54.8 Å². The summed E-state index contributed by atoms with van der Waals surface area (Å²) < 4.78 is 1.66. The summed E-state index contributed by atoms with van der Waals surface area (Å²) in [6, 6.07) is 13.8. The molecule has 24 heavy (non-hydrogen) atoms. The zero-order valence-corrected chi connectivity index (χ0v) is 15.1. The summed E-state index contributed by atoms with van der Waals surface area (Å²) in [5.74, 6) is -0.197. The lowest BCUT2D eigenvalue weighted by Crippen LogP contribution is -2.26. The fourth-order valence-corrected chi connectivity index (χ4v) is 3.60. The molecule has 6 heteroatoms. The zero-order chi connectivity index (χ0) is 17.1. The summed E-state index contributed by atoms with van der Waals surface area (Å²) in [6.45, 7) is 4.30. The first kappa shape index (κ1) is 16.7. The van der Waals surface area contributed by atoms with Crippen LogP contribution in [0.1, 0.15) is 39.5 Å². The van der Waals surface area contributed by atoms with E-state index in [1.54, 1.807) is 22.9 Å². The highest BCUT2D eigenvalue weighted by Gasteiger charge is 2.22. The van der Waals surface area contributed by atoms with Crippen LogP contribution in [0.2, 0.25) is 5.15 Å². The molecule has 124 valence electrons. The molecule has 4 nitrogen and oxygen atoms in total. The van der Waals surface area contributed by atoms with E-state index in [2.05, 4.69) is 10.4 Å². The third-order valence-corrected chi connectivity index (χ3v) is 5.22. The maximum atomic E-state index is 12.6. The predicted octanol–water partition coefficient (Wildman–Crippen LogP) is 4.45. The van der Waals surface area contributed by atoms with Crippen molar-refractivity contribution in [2.75, 3.05) is 0 Å². The Labute approximate surface area is 150 Å². The number of rotatable bonds is 5. The first-order chi connectivity index (χ1) is 11.6. The fraction of sp³-hybridized carbons (Fsp3) is 0.222. The molecule has 0 radical (unpaired) electrons. The number of benzene rings is 1. The summed E-state index contributed by atoms with van der Waals surface area (Å²) >= 11 is 8.04. The number of carbonyl (C=O) groups excluding carboxylic acids is 1. The van der Waals surface area contributed by atoms with Gasteiger partial charge < -0.3 is 5.32 Å². The van der Waals surface area contributed by atoms with Crippen molar-refractivity contribution in [1.82, 2.24) is 15.1 Å². The second-order valence-corrected chi connectivity index (χ2v) is 6.94. The Balaban J connectivity index is 1.79. The van der Waals surface area contributed by atoms with Gasteiger partial charge in [-0.25, -0.2) is 4.68 Å². The molecule has 1 aromatic carbocycles. The van der Waals surface area contributed by atoms with Gasteiger partial charge in [0.05, 0.1) is 23.8 Å². The van der Waals surface area contributed by atoms with Gasteiger partial charge in [-0.15, -0.1) is 11.3 Å². The number of aromatic nitrogens is 2. The minimum atomic E-state index is -0.197. The lowest BCUT2D eigenvalue weighted by atomic mass is 10.2. The molecule has 0 fully saturated rings. The Morgan fingerprint density at radius 3 is 2.71 bits per heavy atom. The lowest BCUT2D eigenvalue weighted by molar-refractivity contribution is 0.0940. The van der Waals surface area contributed by atoms with Gasteiger partial charge in [0.2, 0.25) is 0 Å². The molecule has 1 atom stereocenters. The summed E-state index contributed by atoms with van der Waals surface area (Å²) in [6.07, 6.45) is 0. The number of nitrogens with zero attached hydrogens (tertiary/aromatic N) is 2. The van der Waals surface area contributed by atoms with Gasteiger partial charge in [0.15, 0.2) is 0 Å². The smallest absolute Gasteiger partial charge is 0.256 e. The summed E-state index contributed by atoms with van der Waals surface area (Å²) in [7, 11) is 0. The van der Waals surface area contributed by atoms with Gasteiger partial charge in [-0.2, -0.15) is 5.10 Å². The molecule has 0 unspecified atom stereocenters. The van der Waals surface area contributed by atoms with E-state index in [1.165, 1.54) is 0 Å². The van der Waals surface area contributed by atoms with Crippen LogP contribution in [-0.4, -0.2) is 15.7 Å². The van der Waals surface area contributed by atoms with Crippen LogP contribution >= 0.6 is 22.9 Å². The van der Waals surface area contributed by atoms with Crippen molar-refractivity contribution in [2.45, 2.75) is 26.4 Å². The monoisotopic (exact) mass is 359 g/mol. The van der Waals surface area contributed by atoms with Crippen molar-refractivity contribution in [3.8, 4) is 0 Å². The Morgan fingerprint density at radius 1 is 1.29 bits per heavy atom. The number of nitrogens with one attached hydrogen (secondary N) is 1. The van der Waals surface area contributed by atoms with Gasteiger partial charge in [-0.05, 0) is 30.9 Å². The van der Waals surface area contributed by atoms with Gasteiger partial charge in [0.1, 0.15) is 5.15 Å². The van der Waals surface area contributed by atoms with Crippen molar-refractivity contribution in [1.29, 1.82) is 0 Å². The summed E-state index contributed by atoms with van der Waals surface area (Å²) in [4.78, 5) is 13.7. The molecule has 1 amide bonds. The zero-order valence-electron chi connectivity index (χ0n) is 13.5. The van der Waals surface area contributed by atoms with Crippen LogP contribution in [-0.2, 0) is 6.54 Å². The highest BCUT2D eigenvalue weighted by molar-refractivity contribution is 7.10. The highest BCUT2D eigenvalue weighted by atomic mass is 35.5. The number of amides is 1. The molecule has 0 aliphatic carbocycles. The van der Waals surface area contributed by atoms with E-state index >= 15 is 0 Å². The van der Waals surface area contributed by atoms with Crippen molar-refractivity contribution < 1.29 is 4.79 Å². The number of thiophene rings is 1. The van der Waals surface area contributed by atoms with Gasteiger partial charge in [-0.3, -0.25) is 4.79 Å². The van der Waals surface area contributed by atoms with Crippen LogP contribution in [0.4, 0.5) is 0 Å². The maximum absolute atomic E-state index is 12.6. The Morgan fingerprint density at radius 2 is 2.04 bits per heavy atom. The van der Waals surface area contributed by atoms with Gasteiger partial charge in [-0.1, -0.05) is 48.0 Å². The third kappa shape index (κ3) is 3.52. The SMILES string of the molecule is Cc1nn(Cc2ccccc2)c(Cl)c1C(=O)N[C@@H](C)c1cccs1. The van der Waals surface area contributed by atoms with E-state index in [0.717, 1.165) is 10.4 Å². The van der Waals surface area contributed by atoms with Crippen molar-refractivity contribution >= 4 is 28.8 Å². The van der Waals surface area contributed by atoms with Crippen molar-refractivity contribution in [3.05, 3.63) is 74.7 Å². The van der Waals surface area contributed by atoms with Crippen LogP contribution in [0.3, 0.4) is 0 Å². The normalized spacial score (nSPS) is 12.1. The lowest BCUT2D eigenvalue weighted by Gasteiger charge is -2.12. The van der Waals surface area contributed by atoms with Crippen LogP contribution in [0.15, 0.2) is 47.8 Å². The van der Waals surface area contributed by atoms with Crippen LogP contribution in [0, 0.1) is 6.92 Å². The highest BCUT2D eigenvalue weighted by Crippen LogP contribution is 2.23. The third-order valence-electron chi connectivity index (χ3n) is 3.79.